The van der Waals surface area contributed by atoms with Gasteiger partial charge in [-0.3, -0.25) is 0 Å². The van der Waals surface area contributed by atoms with Crippen LogP contribution in [0.1, 0.15) is 11.1 Å². The van der Waals surface area contributed by atoms with Gasteiger partial charge in [0.05, 0.1) is 50.6 Å². The summed E-state index contributed by atoms with van der Waals surface area (Å²) in [5.74, 6) is 0.901. The second kappa shape index (κ2) is 17.2. The van der Waals surface area contributed by atoms with Gasteiger partial charge in [-0.1, -0.05) is 158 Å². The second-order valence-corrected chi connectivity index (χ2v) is 16.5. The third-order valence-corrected chi connectivity index (χ3v) is 12.1. The fraction of sp³-hybridized carbons (Fsp3) is 0.0345. The molecule has 11 heteroatoms. The van der Waals surface area contributed by atoms with Crippen molar-refractivity contribution >= 4 is 21.8 Å². The van der Waals surface area contributed by atoms with E-state index in [1.807, 2.05) is 180 Å². The van der Waals surface area contributed by atoms with Crippen LogP contribution in [-0.4, -0.2) is 24.5 Å². The Hall–Kier alpha value is -8.70. The maximum atomic E-state index is 14.7. The number of hydrogen-bond donors (Lipinski definition) is 0. The van der Waals surface area contributed by atoms with Crippen molar-refractivity contribution in [1.82, 2.24) is 24.5 Å². The number of nitrogens with zero attached hydrogens (tertiary/aromatic N) is 5. The minimum absolute atomic E-state index is 0.0881. The van der Waals surface area contributed by atoms with E-state index in [0.717, 1.165) is 39.2 Å². The molecule has 3 heterocycles. The Kier molecular flexibility index (Phi) is 10.7. The molecule has 0 unspecified atom stereocenters. The number of rotatable bonds is 8. The van der Waals surface area contributed by atoms with Gasteiger partial charge in [0.25, 0.3) is 0 Å². The molecule has 8 aromatic carbocycles. The van der Waals surface area contributed by atoms with Gasteiger partial charge in [0, 0.05) is 44.2 Å². The molecule has 0 aliphatic carbocycles. The van der Waals surface area contributed by atoms with Gasteiger partial charge < -0.3 is 4.57 Å². The number of benzene rings is 8. The van der Waals surface area contributed by atoms with Crippen LogP contribution in [0.15, 0.2) is 212 Å². The minimum atomic E-state index is -5.08. The first kappa shape index (κ1) is 42.9. The topological polar surface area (TPSA) is 56.5 Å². The molecule has 0 spiro atoms. The SMILES string of the molecule is FC(F)(F)c1ccc(-c2ccc3c4ccccc4n(-c4ccc(-c5nc(-c6ccccc6)cc(-c6ccccc6)n5)cc4-c4cc(-c5ccccc5)nc(-c5ccccc5)n4)c3c2)c(C(F)(F)F)c1. The minimum Gasteiger partial charge on any atom is -0.309 e. The fourth-order valence-corrected chi connectivity index (χ4v) is 8.83. The summed E-state index contributed by atoms with van der Waals surface area (Å²) >= 11 is 0. The van der Waals surface area contributed by atoms with Crippen LogP contribution < -0.4 is 0 Å². The molecule has 0 amide bonds. The summed E-state index contributed by atoms with van der Waals surface area (Å²) in [5.41, 5.74) is 6.10. The maximum absolute atomic E-state index is 14.7. The van der Waals surface area contributed by atoms with Crippen molar-refractivity contribution < 1.29 is 26.3 Å². The number of halogens is 6. The predicted octanol–water partition coefficient (Wildman–Crippen LogP) is 16.1. The van der Waals surface area contributed by atoms with Crippen LogP contribution >= 0.6 is 0 Å². The van der Waals surface area contributed by atoms with Crippen molar-refractivity contribution in [2.45, 2.75) is 12.4 Å². The predicted molar refractivity (Wildman–Crippen MR) is 260 cm³/mol. The first-order valence-corrected chi connectivity index (χ1v) is 21.9. The fourth-order valence-electron chi connectivity index (χ4n) is 8.83. The zero-order valence-corrected chi connectivity index (χ0v) is 36.2. The summed E-state index contributed by atoms with van der Waals surface area (Å²) in [4.78, 5) is 20.6. The summed E-state index contributed by atoms with van der Waals surface area (Å²) in [6.07, 6.45) is -10.1. The molecule has 0 saturated heterocycles. The van der Waals surface area contributed by atoms with E-state index in [0.29, 0.717) is 68.2 Å². The van der Waals surface area contributed by atoms with Gasteiger partial charge in [0.15, 0.2) is 11.6 Å². The van der Waals surface area contributed by atoms with Gasteiger partial charge in [-0.25, -0.2) is 19.9 Å². The smallest absolute Gasteiger partial charge is 0.309 e. The molecular weight excluding hydrogens is 881 g/mol. The third-order valence-electron chi connectivity index (χ3n) is 12.1. The Bertz CT molecular complexity index is 3570. The lowest BCUT2D eigenvalue weighted by Gasteiger charge is -2.18. The molecule has 0 N–H and O–H groups in total. The van der Waals surface area contributed by atoms with E-state index in [9.17, 15) is 26.3 Å². The molecule has 334 valence electrons. The Balaban J connectivity index is 1.21. The Morgan fingerprint density at radius 3 is 1.36 bits per heavy atom. The molecule has 5 nitrogen and oxygen atoms in total. The maximum Gasteiger partial charge on any atom is 0.417 e. The standard InChI is InChI=1S/C58H35F6N5/c59-57(60,61)42-27-29-43(47(33-42)58(62,63)64)40-25-28-45-44-23-13-14-24-52(44)69(54(45)32-40)53-30-26-41(56-66-48(36-15-5-1-6-16-36)34-49(67-56)37-17-7-2-8-18-37)31-46(53)51-35-50(38-19-9-3-10-20-38)65-55(68-51)39-21-11-4-12-22-39/h1-35H. The van der Waals surface area contributed by atoms with Crippen molar-refractivity contribution in [3.05, 3.63) is 223 Å². The van der Waals surface area contributed by atoms with Crippen LogP contribution in [0.3, 0.4) is 0 Å². The number of hydrogen-bond acceptors (Lipinski definition) is 4. The highest BCUT2D eigenvalue weighted by Crippen LogP contribution is 2.44. The third kappa shape index (κ3) is 8.28. The molecule has 0 saturated carbocycles. The summed E-state index contributed by atoms with van der Waals surface area (Å²) in [5, 5.41) is 1.52. The van der Waals surface area contributed by atoms with Gasteiger partial charge in [-0.05, 0) is 65.7 Å². The van der Waals surface area contributed by atoms with E-state index in [2.05, 4.69) is 0 Å². The molecule has 0 radical (unpaired) electrons. The molecule has 0 bridgehead atoms. The average Bonchev–Trinajstić information content (AvgIpc) is 3.72. The molecule has 69 heavy (non-hydrogen) atoms. The van der Waals surface area contributed by atoms with Crippen LogP contribution in [0.5, 0.6) is 0 Å². The lowest BCUT2D eigenvalue weighted by Crippen LogP contribution is -2.12. The Morgan fingerprint density at radius 1 is 0.319 bits per heavy atom. The summed E-state index contributed by atoms with van der Waals surface area (Å²) in [7, 11) is 0. The summed E-state index contributed by atoms with van der Waals surface area (Å²) < 4.78 is 87.5. The van der Waals surface area contributed by atoms with Gasteiger partial charge in [-0.2, -0.15) is 26.3 Å². The normalized spacial score (nSPS) is 11.9. The van der Waals surface area contributed by atoms with Crippen molar-refractivity contribution in [2.75, 3.05) is 0 Å². The molecular formula is C58H35F6N5. The van der Waals surface area contributed by atoms with E-state index in [-0.39, 0.29) is 17.2 Å². The van der Waals surface area contributed by atoms with Crippen LogP contribution in [0, 0.1) is 0 Å². The average molecular weight is 916 g/mol. The molecule has 11 rings (SSSR count). The highest BCUT2D eigenvalue weighted by Gasteiger charge is 2.38. The van der Waals surface area contributed by atoms with Crippen molar-refractivity contribution in [3.63, 3.8) is 0 Å². The summed E-state index contributed by atoms with van der Waals surface area (Å²) in [6.45, 7) is 0. The van der Waals surface area contributed by atoms with E-state index in [1.54, 1.807) is 12.1 Å². The van der Waals surface area contributed by atoms with Crippen molar-refractivity contribution in [2.24, 2.45) is 0 Å². The number of para-hydroxylation sites is 1. The van der Waals surface area contributed by atoms with Gasteiger partial charge >= 0.3 is 12.4 Å². The van der Waals surface area contributed by atoms with E-state index < -0.39 is 23.5 Å². The highest BCUT2D eigenvalue weighted by atomic mass is 19.4. The van der Waals surface area contributed by atoms with Crippen molar-refractivity contribution in [3.8, 4) is 84.6 Å². The first-order valence-electron chi connectivity index (χ1n) is 21.9. The zero-order valence-electron chi connectivity index (χ0n) is 36.2. The number of alkyl halides is 6. The van der Waals surface area contributed by atoms with Crippen LogP contribution in [0.4, 0.5) is 26.3 Å². The molecule has 11 aromatic rings. The van der Waals surface area contributed by atoms with Crippen LogP contribution in [-0.2, 0) is 12.4 Å². The van der Waals surface area contributed by atoms with E-state index in [1.165, 1.54) is 6.07 Å². The van der Waals surface area contributed by atoms with Gasteiger partial charge in [0.2, 0.25) is 0 Å². The summed E-state index contributed by atoms with van der Waals surface area (Å²) in [6, 6.07) is 62.9. The van der Waals surface area contributed by atoms with E-state index in [4.69, 9.17) is 19.9 Å². The van der Waals surface area contributed by atoms with Gasteiger partial charge in [0.1, 0.15) is 0 Å². The molecule has 0 atom stereocenters. The number of aromatic nitrogens is 5. The Labute approximate surface area is 391 Å². The largest absolute Gasteiger partial charge is 0.417 e. The van der Waals surface area contributed by atoms with Crippen LogP contribution in [0.2, 0.25) is 0 Å². The monoisotopic (exact) mass is 915 g/mol. The number of fused-ring (bicyclic) bond motifs is 3. The molecule has 0 fully saturated rings. The lowest BCUT2D eigenvalue weighted by atomic mass is 9.96. The van der Waals surface area contributed by atoms with Crippen molar-refractivity contribution in [1.29, 1.82) is 0 Å². The molecule has 3 aromatic heterocycles. The highest BCUT2D eigenvalue weighted by molar-refractivity contribution is 6.11. The lowest BCUT2D eigenvalue weighted by molar-refractivity contribution is -0.142. The Morgan fingerprint density at radius 2 is 0.797 bits per heavy atom. The first-order chi connectivity index (χ1) is 33.5. The quantitative estimate of drug-likeness (QED) is 0.143. The van der Waals surface area contributed by atoms with Gasteiger partial charge in [-0.15, -0.1) is 0 Å². The van der Waals surface area contributed by atoms with E-state index >= 15 is 0 Å². The molecule has 0 aliphatic rings. The zero-order chi connectivity index (χ0) is 47.3. The second-order valence-electron chi connectivity index (χ2n) is 16.5. The molecule has 0 aliphatic heterocycles. The van der Waals surface area contributed by atoms with Crippen LogP contribution in [0.25, 0.3) is 106 Å².